The summed E-state index contributed by atoms with van der Waals surface area (Å²) in [6.07, 6.45) is 5.91. The third kappa shape index (κ3) is 2.66. The molecule has 0 unspecified atom stereocenters. The average Bonchev–Trinajstić information content (AvgIpc) is 2.49. The molecule has 104 valence electrons. The normalized spacial score (nSPS) is 16.2. The number of hydrogen-bond donors (Lipinski definition) is 1. The lowest BCUT2D eigenvalue weighted by atomic mass is 9.95. The van der Waals surface area contributed by atoms with Crippen LogP contribution in [0.5, 0.6) is 0 Å². The first-order valence-electron chi connectivity index (χ1n) is 7.24. The molecule has 1 aliphatic carbocycles. The second kappa shape index (κ2) is 5.84. The average molecular weight is 288 g/mol. The van der Waals surface area contributed by atoms with Gasteiger partial charge in [-0.3, -0.25) is 4.79 Å². The highest BCUT2D eigenvalue weighted by atomic mass is 35.5. The minimum Gasteiger partial charge on any atom is -0.349 e. The summed E-state index contributed by atoms with van der Waals surface area (Å²) in [5, 5.41) is 5.71. The van der Waals surface area contributed by atoms with Crippen molar-refractivity contribution in [3.8, 4) is 0 Å². The third-order valence-electron chi connectivity index (χ3n) is 4.06. The molecule has 1 amide bonds. The van der Waals surface area contributed by atoms with Crippen molar-refractivity contribution in [1.29, 1.82) is 0 Å². The van der Waals surface area contributed by atoms with Gasteiger partial charge in [-0.05, 0) is 30.4 Å². The zero-order valence-corrected chi connectivity index (χ0v) is 12.1. The Morgan fingerprint density at radius 1 is 1.00 bits per heavy atom. The van der Waals surface area contributed by atoms with Crippen molar-refractivity contribution in [2.45, 2.75) is 38.1 Å². The van der Waals surface area contributed by atoms with Crippen LogP contribution in [0.4, 0.5) is 0 Å². The Morgan fingerprint density at radius 3 is 2.45 bits per heavy atom. The predicted molar refractivity (Wildman–Crippen MR) is 83.3 cm³/mol. The maximum Gasteiger partial charge on any atom is 0.252 e. The number of hydrogen-bond acceptors (Lipinski definition) is 1. The molecule has 0 radical (unpaired) electrons. The van der Waals surface area contributed by atoms with Gasteiger partial charge in [-0.2, -0.15) is 0 Å². The molecular weight excluding hydrogens is 270 g/mol. The van der Waals surface area contributed by atoms with Crippen molar-refractivity contribution in [1.82, 2.24) is 5.32 Å². The molecular formula is C17H18ClNO. The number of nitrogens with one attached hydrogen (secondary N) is 1. The van der Waals surface area contributed by atoms with Crippen LogP contribution < -0.4 is 5.32 Å². The fourth-order valence-corrected chi connectivity index (χ4v) is 3.20. The molecule has 0 aliphatic heterocycles. The molecule has 2 aromatic carbocycles. The van der Waals surface area contributed by atoms with Gasteiger partial charge < -0.3 is 5.32 Å². The Labute approximate surface area is 124 Å². The van der Waals surface area contributed by atoms with Crippen LogP contribution in [0.1, 0.15) is 42.5 Å². The maximum absolute atomic E-state index is 12.5. The number of amides is 1. The van der Waals surface area contributed by atoms with E-state index in [1.807, 2.05) is 30.3 Å². The summed E-state index contributed by atoms with van der Waals surface area (Å²) in [4.78, 5) is 12.5. The molecule has 3 rings (SSSR count). The third-order valence-corrected chi connectivity index (χ3v) is 4.39. The number of benzene rings is 2. The van der Waals surface area contributed by atoms with Crippen LogP contribution in [0.15, 0.2) is 36.4 Å². The SMILES string of the molecule is O=C(NC1CCCCC1)c1ccc(Cl)c2ccccc12. The summed E-state index contributed by atoms with van der Waals surface area (Å²) >= 11 is 6.19. The molecule has 1 N–H and O–H groups in total. The molecule has 0 saturated heterocycles. The fourth-order valence-electron chi connectivity index (χ4n) is 2.97. The molecule has 0 atom stereocenters. The van der Waals surface area contributed by atoms with Gasteiger partial charge >= 0.3 is 0 Å². The van der Waals surface area contributed by atoms with Gasteiger partial charge in [0.2, 0.25) is 0 Å². The van der Waals surface area contributed by atoms with E-state index in [0.29, 0.717) is 11.1 Å². The summed E-state index contributed by atoms with van der Waals surface area (Å²) in [5.74, 6) is 0.0183. The Balaban J connectivity index is 1.89. The molecule has 20 heavy (non-hydrogen) atoms. The summed E-state index contributed by atoms with van der Waals surface area (Å²) < 4.78 is 0. The zero-order chi connectivity index (χ0) is 13.9. The highest BCUT2D eigenvalue weighted by Crippen LogP contribution is 2.27. The van der Waals surface area contributed by atoms with Crippen molar-refractivity contribution >= 4 is 28.3 Å². The topological polar surface area (TPSA) is 29.1 Å². The van der Waals surface area contributed by atoms with Gasteiger partial charge in [0.05, 0.1) is 0 Å². The first kappa shape index (κ1) is 13.4. The molecule has 1 saturated carbocycles. The van der Waals surface area contributed by atoms with Gasteiger partial charge in [0.25, 0.3) is 5.91 Å². The lowest BCUT2D eigenvalue weighted by molar-refractivity contribution is 0.0929. The van der Waals surface area contributed by atoms with E-state index in [1.54, 1.807) is 6.07 Å². The molecule has 0 aromatic heterocycles. The highest BCUT2D eigenvalue weighted by Gasteiger charge is 2.18. The van der Waals surface area contributed by atoms with E-state index in [0.717, 1.165) is 29.2 Å². The number of fused-ring (bicyclic) bond motifs is 1. The number of carbonyl (C=O) groups is 1. The Morgan fingerprint density at radius 2 is 1.70 bits per heavy atom. The quantitative estimate of drug-likeness (QED) is 0.862. The molecule has 0 bridgehead atoms. The lowest BCUT2D eigenvalue weighted by Gasteiger charge is -2.23. The molecule has 0 heterocycles. The van der Waals surface area contributed by atoms with Crippen LogP contribution in [-0.4, -0.2) is 11.9 Å². The Kier molecular flexibility index (Phi) is 3.93. The van der Waals surface area contributed by atoms with E-state index in [2.05, 4.69) is 5.32 Å². The summed E-state index contributed by atoms with van der Waals surface area (Å²) in [5.41, 5.74) is 0.718. The minimum absolute atomic E-state index is 0.0183. The number of carbonyl (C=O) groups excluding carboxylic acids is 1. The highest BCUT2D eigenvalue weighted by molar-refractivity contribution is 6.36. The second-order valence-corrected chi connectivity index (χ2v) is 5.86. The molecule has 2 nitrogen and oxygen atoms in total. The largest absolute Gasteiger partial charge is 0.349 e. The summed E-state index contributed by atoms with van der Waals surface area (Å²) in [6.45, 7) is 0. The van der Waals surface area contributed by atoms with Crippen LogP contribution in [0.3, 0.4) is 0 Å². The maximum atomic E-state index is 12.5. The van der Waals surface area contributed by atoms with Crippen molar-refractivity contribution in [3.05, 3.63) is 47.0 Å². The second-order valence-electron chi connectivity index (χ2n) is 5.45. The van der Waals surface area contributed by atoms with Crippen molar-refractivity contribution < 1.29 is 4.79 Å². The molecule has 1 fully saturated rings. The van der Waals surface area contributed by atoms with Crippen molar-refractivity contribution in [2.24, 2.45) is 0 Å². The van der Waals surface area contributed by atoms with Crippen molar-refractivity contribution in [3.63, 3.8) is 0 Å². The first-order valence-corrected chi connectivity index (χ1v) is 7.61. The van der Waals surface area contributed by atoms with Crippen LogP contribution >= 0.6 is 11.6 Å². The molecule has 2 aromatic rings. The van der Waals surface area contributed by atoms with Gasteiger partial charge in [-0.15, -0.1) is 0 Å². The van der Waals surface area contributed by atoms with Crippen LogP contribution in [-0.2, 0) is 0 Å². The van der Waals surface area contributed by atoms with Gasteiger partial charge in [0.1, 0.15) is 0 Å². The Hall–Kier alpha value is -1.54. The minimum atomic E-state index is 0.0183. The molecule has 0 spiro atoms. The number of halogens is 1. The van der Waals surface area contributed by atoms with E-state index in [-0.39, 0.29) is 5.91 Å². The monoisotopic (exact) mass is 287 g/mol. The van der Waals surface area contributed by atoms with Crippen LogP contribution in [0.25, 0.3) is 10.8 Å². The van der Waals surface area contributed by atoms with Gasteiger partial charge in [-0.25, -0.2) is 0 Å². The van der Waals surface area contributed by atoms with Crippen LogP contribution in [0, 0.1) is 0 Å². The van der Waals surface area contributed by atoms with Crippen LogP contribution in [0.2, 0.25) is 5.02 Å². The summed E-state index contributed by atoms with van der Waals surface area (Å²) in [7, 11) is 0. The van der Waals surface area contributed by atoms with E-state index >= 15 is 0 Å². The first-order chi connectivity index (χ1) is 9.75. The smallest absolute Gasteiger partial charge is 0.252 e. The standard InChI is InChI=1S/C17H18ClNO/c18-16-11-10-15(13-8-4-5-9-14(13)16)17(20)19-12-6-2-1-3-7-12/h4-5,8-12H,1-3,6-7H2,(H,19,20). The molecule has 1 aliphatic rings. The van der Waals surface area contributed by atoms with E-state index in [9.17, 15) is 4.79 Å². The van der Waals surface area contributed by atoms with E-state index in [4.69, 9.17) is 11.6 Å². The lowest BCUT2D eigenvalue weighted by Crippen LogP contribution is -2.36. The Bertz CT molecular complexity index is 632. The van der Waals surface area contributed by atoms with E-state index in [1.165, 1.54) is 19.3 Å². The fraction of sp³-hybridized carbons (Fsp3) is 0.353. The summed E-state index contributed by atoms with van der Waals surface area (Å²) in [6, 6.07) is 11.7. The van der Waals surface area contributed by atoms with E-state index < -0.39 is 0 Å². The predicted octanol–water partition coefficient (Wildman–Crippen LogP) is 4.56. The van der Waals surface area contributed by atoms with Crippen molar-refractivity contribution in [2.75, 3.05) is 0 Å². The van der Waals surface area contributed by atoms with Gasteiger partial charge in [-0.1, -0.05) is 55.1 Å². The van der Waals surface area contributed by atoms with Gasteiger partial charge in [0.15, 0.2) is 0 Å². The number of rotatable bonds is 2. The zero-order valence-electron chi connectivity index (χ0n) is 11.4. The molecule has 3 heteroatoms. The van der Waals surface area contributed by atoms with Gasteiger partial charge in [0, 0.05) is 22.0 Å².